The second-order valence-electron chi connectivity index (χ2n) is 4.53. The Balaban J connectivity index is 1.93. The second kappa shape index (κ2) is 4.94. The zero-order chi connectivity index (χ0) is 10.7. The molecule has 86 valence electrons. The summed E-state index contributed by atoms with van der Waals surface area (Å²) < 4.78 is 0. The first-order valence-electron chi connectivity index (χ1n) is 6.05. The SMILES string of the molecule is CCCC1CNCCN1C(=O)C1CNC1. The van der Waals surface area contributed by atoms with Gasteiger partial charge in [-0.25, -0.2) is 0 Å². The van der Waals surface area contributed by atoms with Crippen molar-refractivity contribution in [2.45, 2.75) is 25.8 Å². The molecule has 4 nitrogen and oxygen atoms in total. The molecule has 2 rings (SSSR count). The normalized spacial score (nSPS) is 27.5. The van der Waals surface area contributed by atoms with Crippen LogP contribution >= 0.6 is 0 Å². The van der Waals surface area contributed by atoms with Crippen LogP contribution in [0.25, 0.3) is 0 Å². The Labute approximate surface area is 91.4 Å². The summed E-state index contributed by atoms with van der Waals surface area (Å²) in [5, 5.41) is 6.53. The Hall–Kier alpha value is -0.610. The molecule has 0 bridgehead atoms. The van der Waals surface area contributed by atoms with Gasteiger partial charge in [0, 0.05) is 38.8 Å². The highest BCUT2D eigenvalue weighted by Crippen LogP contribution is 2.15. The van der Waals surface area contributed by atoms with E-state index in [1.54, 1.807) is 0 Å². The minimum absolute atomic E-state index is 0.252. The molecular formula is C11H21N3O. The van der Waals surface area contributed by atoms with Crippen LogP contribution in [0.5, 0.6) is 0 Å². The molecule has 1 amide bonds. The molecule has 2 aliphatic heterocycles. The highest BCUT2D eigenvalue weighted by molar-refractivity contribution is 5.80. The van der Waals surface area contributed by atoms with Gasteiger partial charge in [0.1, 0.15) is 0 Å². The Morgan fingerprint density at radius 2 is 2.13 bits per heavy atom. The van der Waals surface area contributed by atoms with Gasteiger partial charge in [-0.3, -0.25) is 4.79 Å². The lowest BCUT2D eigenvalue weighted by atomic mass is 9.98. The average Bonchev–Trinajstić information content (AvgIpc) is 2.16. The molecule has 2 fully saturated rings. The summed E-state index contributed by atoms with van der Waals surface area (Å²) in [6.07, 6.45) is 2.28. The van der Waals surface area contributed by atoms with Gasteiger partial charge in [-0.05, 0) is 6.42 Å². The lowest BCUT2D eigenvalue weighted by molar-refractivity contribution is -0.140. The number of hydrogen-bond donors (Lipinski definition) is 2. The van der Waals surface area contributed by atoms with E-state index in [-0.39, 0.29) is 5.92 Å². The fraction of sp³-hybridized carbons (Fsp3) is 0.909. The molecule has 2 heterocycles. The van der Waals surface area contributed by atoms with E-state index in [0.717, 1.165) is 45.6 Å². The number of rotatable bonds is 3. The molecule has 0 aromatic carbocycles. The minimum atomic E-state index is 0.252. The molecule has 2 N–H and O–H groups in total. The van der Waals surface area contributed by atoms with Gasteiger partial charge in [0.2, 0.25) is 5.91 Å². The van der Waals surface area contributed by atoms with Crippen LogP contribution < -0.4 is 10.6 Å². The Morgan fingerprint density at radius 1 is 1.33 bits per heavy atom. The first-order valence-corrected chi connectivity index (χ1v) is 6.05. The van der Waals surface area contributed by atoms with Crippen molar-refractivity contribution in [1.82, 2.24) is 15.5 Å². The lowest BCUT2D eigenvalue weighted by Gasteiger charge is -2.40. The van der Waals surface area contributed by atoms with Crippen LogP contribution in [0, 0.1) is 5.92 Å². The van der Waals surface area contributed by atoms with Crippen molar-refractivity contribution in [2.75, 3.05) is 32.7 Å². The monoisotopic (exact) mass is 211 g/mol. The first-order chi connectivity index (χ1) is 7.33. The standard InChI is InChI=1S/C11H21N3O/c1-2-3-10-8-12-4-5-14(10)11(15)9-6-13-7-9/h9-10,12-13H,2-8H2,1H3. The van der Waals surface area contributed by atoms with Gasteiger partial charge in [-0.2, -0.15) is 0 Å². The Kier molecular flexibility index (Phi) is 3.59. The van der Waals surface area contributed by atoms with Gasteiger partial charge in [-0.1, -0.05) is 13.3 Å². The van der Waals surface area contributed by atoms with E-state index in [4.69, 9.17) is 0 Å². The van der Waals surface area contributed by atoms with Crippen molar-refractivity contribution < 1.29 is 4.79 Å². The van der Waals surface area contributed by atoms with Crippen LogP contribution in [0.1, 0.15) is 19.8 Å². The Bertz CT molecular complexity index is 226. The fourth-order valence-electron chi connectivity index (χ4n) is 2.34. The van der Waals surface area contributed by atoms with E-state index < -0.39 is 0 Å². The highest BCUT2D eigenvalue weighted by atomic mass is 16.2. The third-order valence-corrected chi connectivity index (χ3v) is 3.39. The quantitative estimate of drug-likeness (QED) is 0.680. The maximum Gasteiger partial charge on any atom is 0.228 e. The summed E-state index contributed by atoms with van der Waals surface area (Å²) in [6, 6.07) is 0.428. The van der Waals surface area contributed by atoms with Gasteiger partial charge >= 0.3 is 0 Å². The smallest absolute Gasteiger partial charge is 0.228 e. The third-order valence-electron chi connectivity index (χ3n) is 3.39. The number of piperazine rings is 1. The highest BCUT2D eigenvalue weighted by Gasteiger charge is 2.33. The van der Waals surface area contributed by atoms with Crippen molar-refractivity contribution in [3.8, 4) is 0 Å². The summed E-state index contributed by atoms with van der Waals surface area (Å²) in [4.78, 5) is 14.2. The molecule has 0 aromatic rings. The van der Waals surface area contributed by atoms with E-state index >= 15 is 0 Å². The molecule has 1 atom stereocenters. The maximum atomic E-state index is 12.1. The maximum absolute atomic E-state index is 12.1. The summed E-state index contributed by atoms with van der Waals surface area (Å²) in [5.74, 6) is 0.621. The molecule has 1 unspecified atom stereocenters. The van der Waals surface area contributed by atoms with Crippen molar-refractivity contribution in [2.24, 2.45) is 5.92 Å². The van der Waals surface area contributed by atoms with Gasteiger partial charge < -0.3 is 15.5 Å². The summed E-state index contributed by atoms with van der Waals surface area (Å²) in [7, 11) is 0. The van der Waals surface area contributed by atoms with E-state index in [0.29, 0.717) is 11.9 Å². The van der Waals surface area contributed by atoms with Gasteiger partial charge in [-0.15, -0.1) is 0 Å². The molecule has 2 saturated heterocycles. The molecular weight excluding hydrogens is 190 g/mol. The lowest BCUT2D eigenvalue weighted by Crippen LogP contribution is -2.59. The fourth-order valence-corrected chi connectivity index (χ4v) is 2.34. The molecule has 0 saturated carbocycles. The predicted molar refractivity (Wildman–Crippen MR) is 59.6 cm³/mol. The van der Waals surface area contributed by atoms with Gasteiger partial charge in [0.15, 0.2) is 0 Å². The van der Waals surface area contributed by atoms with E-state index in [9.17, 15) is 4.79 Å². The average molecular weight is 211 g/mol. The van der Waals surface area contributed by atoms with Crippen LogP contribution in [0.2, 0.25) is 0 Å². The largest absolute Gasteiger partial charge is 0.337 e. The van der Waals surface area contributed by atoms with Crippen LogP contribution in [0.15, 0.2) is 0 Å². The van der Waals surface area contributed by atoms with E-state index in [1.165, 1.54) is 0 Å². The zero-order valence-corrected chi connectivity index (χ0v) is 9.46. The summed E-state index contributed by atoms with van der Waals surface area (Å²) in [5.41, 5.74) is 0. The van der Waals surface area contributed by atoms with Crippen LogP contribution in [-0.4, -0.2) is 49.6 Å². The first kappa shape index (κ1) is 10.9. The molecule has 0 aliphatic carbocycles. The van der Waals surface area contributed by atoms with Crippen molar-refractivity contribution in [3.05, 3.63) is 0 Å². The molecule has 15 heavy (non-hydrogen) atoms. The Morgan fingerprint density at radius 3 is 2.73 bits per heavy atom. The summed E-state index contributed by atoms with van der Waals surface area (Å²) >= 11 is 0. The topological polar surface area (TPSA) is 44.4 Å². The molecule has 2 aliphatic rings. The van der Waals surface area contributed by atoms with Crippen LogP contribution in [0.3, 0.4) is 0 Å². The van der Waals surface area contributed by atoms with Crippen LogP contribution in [-0.2, 0) is 4.79 Å². The van der Waals surface area contributed by atoms with Crippen molar-refractivity contribution in [1.29, 1.82) is 0 Å². The molecule has 4 heteroatoms. The second-order valence-corrected chi connectivity index (χ2v) is 4.53. The number of carbonyl (C=O) groups is 1. The molecule has 0 spiro atoms. The number of hydrogen-bond acceptors (Lipinski definition) is 3. The third kappa shape index (κ3) is 2.32. The molecule has 0 aromatic heterocycles. The number of nitrogens with one attached hydrogen (secondary N) is 2. The number of carbonyl (C=O) groups excluding carboxylic acids is 1. The van der Waals surface area contributed by atoms with Crippen molar-refractivity contribution in [3.63, 3.8) is 0 Å². The molecule has 0 radical (unpaired) electrons. The van der Waals surface area contributed by atoms with Crippen LogP contribution in [0.4, 0.5) is 0 Å². The predicted octanol–water partition coefficient (Wildman–Crippen LogP) is -0.194. The minimum Gasteiger partial charge on any atom is -0.337 e. The van der Waals surface area contributed by atoms with Crippen molar-refractivity contribution >= 4 is 5.91 Å². The van der Waals surface area contributed by atoms with Gasteiger partial charge in [0.05, 0.1) is 5.92 Å². The number of nitrogens with zero attached hydrogens (tertiary/aromatic N) is 1. The van der Waals surface area contributed by atoms with E-state index in [2.05, 4.69) is 22.5 Å². The van der Waals surface area contributed by atoms with E-state index in [1.807, 2.05) is 0 Å². The van der Waals surface area contributed by atoms with Gasteiger partial charge in [0.25, 0.3) is 0 Å². The number of amides is 1. The zero-order valence-electron chi connectivity index (χ0n) is 9.46. The summed E-state index contributed by atoms with van der Waals surface area (Å²) in [6.45, 7) is 6.75.